The molecule has 1 N–H and O–H groups in total. The highest BCUT2D eigenvalue weighted by atomic mass is 16.5. The molecule has 0 spiro atoms. The zero-order valence-corrected chi connectivity index (χ0v) is 12.5. The predicted molar refractivity (Wildman–Crippen MR) is 82.0 cm³/mol. The highest BCUT2D eigenvalue weighted by Crippen LogP contribution is 2.22. The molecule has 3 rings (SSSR count). The van der Waals surface area contributed by atoms with Gasteiger partial charge in [0.15, 0.2) is 0 Å². The summed E-state index contributed by atoms with van der Waals surface area (Å²) in [5.74, 6) is -1.12. The molecule has 1 aliphatic heterocycles. The molecular weight excluding hydrogens is 298 g/mol. The summed E-state index contributed by atoms with van der Waals surface area (Å²) in [5, 5.41) is 9.00. The van der Waals surface area contributed by atoms with Crippen LogP contribution >= 0.6 is 0 Å². The van der Waals surface area contributed by atoms with Gasteiger partial charge in [-0.3, -0.25) is 9.59 Å². The van der Waals surface area contributed by atoms with E-state index in [9.17, 15) is 9.59 Å². The molecule has 1 aromatic heterocycles. The molecule has 2 aromatic rings. The van der Waals surface area contributed by atoms with Crippen LogP contribution in [0.2, 0.25) is 0 Å². The van der Waals surface area contributed by atoms with Crippen molar-refractivity contribution < 1.29 is 23.8 Å². The molecule has 1 fully saturated rings. The zero-order chi connectivity index (χ0) is 16.2. The van der Waals surface area contributed by atoms with Gasteiger partial charge in [-0.2, -0.15) is 0 Å². The SMILES string of the molecule is O=C(O)CC1COCCN1C(=O)c1cccc(-c2ccoc2)c1. The Bertz CT molecular complexity index is 695. The Morgan fingerprint density at radius 2 is 2.13 bits per heavy atom. The number of nitrogens with zero attached hydrogens (tertiary/aromatic N) is 1. The number of hydrogen-bond acceptors (Lipinski definition) is 4. The number of amides is 1. The van der Waals surface area contributed by atoms with Crippen molar-refractivity contribution in [1.82, 2.24) is 4.90 Å². The largest absolute Gasteiger partial charge is 0.481 e. The van der Waals surface area contributed by atoms with E-state index in [0.717, 1.165) is 11.1 Å². The molecule has 23 heavy (non-hydrogen) atoms. The van der Waals surface area contributed by atoms with E-state index in [4.69, 9.17) is 14.3 Å². The van der Waals surface area contributed by atoms with Crippen LogP contribution in [0.5, 0.6) is 0 Å². The molecular formula is C17H17NO5. The minimum atomic E-state index is -0.939. The fourth-order valence-electron chi connectivity index (χ4n) is 2.72. The summed E-state index contributed by atoms with van der Waals surface area (Å²) in [4.78, 5) is 25.3. The summed E-state index contributed by atoms with van der Waals surface area (Å²) >= 11 is 0. The minimum Gasteiger partial charge on any atom is -0.481 e. The Kier molecular flexibility index (Phi) is 4.43. The van der Waals surface area contributed by atoms with E-state index in [0.29, 0.717) is 18.7 Å². The van der Waals surface area contributed by atoms with Crippen molar-refractivity contribution in [2.24, 2.45) is 0 Å². The smallest absolute Gasteiger partial charge is 0.305 e. The summed E-state index contributed by atoms with van der Waals surface area (Å²) in [6.45, 7) is 1.06. The molecule has 6 nitrogen and oxygen atoms in total. The fraction of sp³-hybridized carbons (Fsp3) is 0.294. The number of hydrogen-bond donors (Lipinski definition) is 1. The number of aliphatic carboxylic acids is 1. The monoisotopic (exact) mass is 315 g/mol. The van der Waals surface area contributed by atoms with Crippen LogP contribution in [0.1, 0.15) is 16.8 Å². The van der Waals surface area contributed by atoms with Crippen LogP contribution in [0, 0.1) is 0 Å². The normalized spacial score (nSPS) is 17.9. The van der Waals surface area contributed by atoms with Crippen molar-refractivity contribution >= 4 is 11.9 Å². The van der Waals surface area contributed by atoms with Crippen LogP contribution in [0.25, 0.3) is 11.1 Å². The third-order valence-corrected chi connectivity index (χ3v) is 3.86. The van der Waals surface area contributed by atoms with Gasteiger partial charge in [-0.1, -0.05) is 12.1 Å². The first-order valence-corrected chi connectivity index (χ1v) is 7.38. The van der Waals surface area contributed by atoms with Crippen molar-refractivity contribution in [2.75, 3.05) is 19.8 Å². The molecule has 0 radical (unpaired) electrons. The Labute approximate surface area is 133 Å². The number of furan rings is 1. The van der Waals surface area contributed by atoms with Gasteiger partial charge in [-0.15, -0.1) is 0 Å². The van der Waals surface area contributed by atoms with Gasteiger partial charge < -0.3 is 19.2 Å². The minimum absolute atomic E-state index is 0.118. The molecule has 1 saturated heterocycles. The number of carboxylic acid groups (broad SMARTS) is 1. The molecule has 1 atom stereocenters. The van der Waals surface area contributed by atoms with E-state index in [1.807, 2.05) is 18.2 Å². The first-order chi connectivity index (χ1) is 11.1. The van der Waals surface area contributed by atoms with Gasteiger partial charge in [-0.05, 0) is 23.8 Å². The predicted octanol–water partition coefficient (Wildman–Crippen LogP) is 2.26. The second-order valence-electron chi connectivity index (χ2n) is 5.42. The van der Waals surface area contributed by atoms with E-state index in [-0.39, 0.29) is 18.9 Å². The lowest BCUT2D eigenvalue weighted by molar-refractivity contribution is -0.139. The lowest BCUT2D eigenvalue weighted by Gasteiger charge is -2.35. The standard InChI is InChI=1S/C17H17NO5/c19-16(20)9-15-11-23-7-5-18(15)17(21)13-3-1-2-12(8-13)14-4-6-22-10-14/h1-4,6,8,10,15H,5,7,9,11H2,(H,19,20). The average molecular weight is 315 g/mol. The molecule has 6 heteroatoms. The molecule has 0 saturated carbocycles. The number of carboxylic acids is 1. The maximum atomic E-state index is 12.8. The summed E-state index contributed by atoms with van der Waals surface area (Å²) in [6.07, 6.45) is 3.08. The second-order valence-corrected chi connectivity index (χ2v) is 5.42. The first-order valence-electron chi connectivity index (χ1n) is 7.38. The van der Waals surface area contributed by atoms with Crippen LogP contribution in [0.3, 0.4) is 0 Å². The molecule has 1 unspecified atom stereocenters. The highest BCUT2D eigenvalue weighted by molar-refractivity contribution is 5.96. The molecule has 0 aliphatic carbocycles. The number of ether oxygens (including phenoxy) is 1. The number of rotatable bonds is 4. The van der Waals surface area contributed by atoms with Crippen molar-refractivity contribution in [3.05, 3.63) is 48.4 Å². The maximum Gasteiger partial charge on any atom is 0.305 e. The van der Waals surface area contributed by atoms with Crippen molar-refractivity contribution in [1.29, 1.82) is 0 Å². The van der Waals surface area contributed by atoms with E-state index in [1.54, 1.807) is 29.6 Å². The van der Waals surface area contributed by atoms with Crippen LogP contribution in [0.15, 0.2) is 47.3 Å². The van der Waals surface area contributed by atoms with Crippen LogP contribution in [-0.4, -0.2) is 47.7 Å². The maximum absolute atomic E-state index is 12.8. The van der Waals surface area contributed by atoms with Gasteiger partial charge in [0.05, 0.1) is 38.2 Å². The fourth-order valence-corrected chi connectivity index (χ4v) is 2.72. The third-order valence-electron chi connectivity index (χ3n) is 3.86. The highest BCUT2D eigenvalue weighted by Gasteiger charge is 2.29. The molecule has 120 valence electrons. The summed E-state index contributed by atoms with van der Waals surface area (Å²) in [7, 11) is 0. The number of benzene rings is 1. The average Bonchev–Trinajstić information content (AvgIpc) is 3.09. The molecule has 1 aromatic carbocycles. The van der Waals surface area contributed by atoms with Crippen LogP contribution in [0.4, 0.5) is 0 Å². The van der Waals surface area contributed by atoms with Gasteiger partial charge in [0, 0.05) is 17.7 Å². The van der Waals surface area contributed by atoms with E-state index in [2.05, 4.69) is 0 Å². The third kappa shape index (κ3) is 3.43. The van der Waals surface area contributed by atoms with Crippen molar-refractivity contribution in [3.8, 4) is 11.1 Å². The summed E-state index contributed by atoms with van der Waals surface area (Å²) < 4.78 is 10.4. The van der Waals surface area contributed by atoms with Gasteiger partial charge >= 0.3 is 5.97 Å². The van der Waals surface area contributed by atoms with Gasteiger partial charge in [-0.25, -0.2) is 0 Å². The van der Waals surface area contributed by atoms with E-state index < -0.39 is 12.0 Å². The second kappa shape index (κ2) is 6.66. The number of carbonyl (C=O) groups excluding carboxylic acids is 1. The summed E-state index contributed by atoms with van der Waals surface area (Å²) in [6, 6.07) is 8.62. The topological polar surface area (TPSA) is 80.0 Å². The molecule has 1 amide bonds. The lowest BCUT2D eigenvalue weighted by atomic mass is 10.0. The van der Waals surface area contributed by atoms with Gasteiger partial charge in [0.2, 0.25) is 0 Å². The lowest BCUT2D eigenvalue weighted by Crippen LogP contribution is -2.49. The number of carbonyl (C=O) groups is 2. The Morgan fingerprint density at radius 1 is 1.26 bits per heavy atom. The van der Waals surface area contributed by atoms with Gasteiger partial charge in [0.25, 0.3) is 5.91 Å². The molecule has 1 aliphatic rings. The van der Waals surface area contributed by atoms with Crippen LogP contribution < -0.4 is 0 Å². The Balaban J connectivity index is 1.84. The number of morpholine rings is 1. The summed E-state index contributed by atoms with van der Waals surface area (Å²) in [5.41, 5.74) is 2.30. The quantitative estimate of drug-likeness (QED) is 0.936. The van der Waals surface area contributed by atoms with Crippen LogP contribution in [-0.2, 0) is 9.53 Å². The Hall–Kier alpha value is -2.60. The molecule has 0 bridgehead atoms. The van der Waals surface area contributed by atoms with Crippen molar-refractivity contribution in [3.63, 3.8) is 0 Å². The van der Waals surface area contributed by atoms with E-state index in [1.165, 1.54) is 0 Å². The zero-order valence-electron chi connectivity index (χ0n) is 12.5. The van der Waals surface area contributed by atoms with Crippen molar-refractivity contribution in [2.45, 2.75) is 12.5 Å². The Morgan fingerprint density at radius 3 is 2.87 bits per heavy atom. The van der Waals surface area contributed by atoms with E-state index >= 15 is 0 Å². The molecule has 2 heterocycles. The first kappa shape index (κ1) is 15.3. The van der Waals surface area contributed by atoms with Gasteiger partial charge in [0.1, 0.15) is 0 Å².